The van der Waals surface area contributed by atoms with E-state index in [-0.39, 0.29) is 0 Å². The van der Waals surface area contributed by atoms with Crippen molar-refractivity contribution in [2.45, 2.75) is 0 Å². The second-order valence-corrected chi connectivity index (χ2v) is 1.10. The first-order valence-electron chi connectivity index (χ1n) is 0.951. The summed E-state index contributed by atoms with van der Waals surface area (Å²) in [6, 6.07) is 0. The molecule has 0 aromatic rings. The first-order valence-corrected chi connectivity index (χ1v) is 2.03. The third-order valence-corrected chi connectivity index (χ3v) is 0.518. The quantitative estimate of drug-likeness (QED) is 0.327. The molecule has 0 aliphatic heterocycles. The zero-order valence-corrected chi connectivity index (χ0v) is 4.32. The van der Waals surface area contributed by atoms with Crippen LogP contribution in [0.2, 0.25) is 0 Å². The van der Waals surface area contributed by atoms with Crippen molar-refractivity contribution in [3.8, 4) is 0 Å². The lowest BCUT2D eigenvalue weighted by Gasteiger charge is -1.74. The number of halogens is 1. The number of nitrogens with two attached hydrogens (primary N) is 1. The third kappa shape index (κ3) is 2.65. The minimum absolute atomic E-state index is 0.556. The monoisotopic (exact) mass is 172 g/mol. The Morgan fingerprint density at radius 2 is 2.25 bits per heavy atom. The van der Waals surface area contributed by atoms with Gasteiger partial charge in [0.15, 0.2) is 0 Å². The number of hydrogen-bond acceptors (Lipinski definition) is 2. The van der Waals surface area contributed by atoms with E-state index in [0.717, 1.165) is 0 Å². The Morgan fingerprint density at radius 3 is 2.25 bits per heavy atom. The van der Waals surface area contributed by atoms with E-state index in [4.69, 9.17) is 5.73 Å². The fourth-order valence-corrected chi connectivity index (χ4v) is 0. The van der Waals surface area contributed by atoms with Gasteiger partial charge in [-0.05, 0) is 0 Å². The largest absolute Gasteiger partial charge is 0.318 e. The van der Waals surface area contributed by atoms with Crippen LogP contribution in [0.15, 0.2) is 0 Å². The summed E-state index contributed by atoms with van der Waals surface area (Å²) >= 11 is 1.98. The van der Waals surface area contributed by atoms with Gasteiger partial charge in [-0.15, -0.1) is 0 Å². The maximum atomic E-state index is 4.91. The summed E-state index contributed by atoms with van der Waals surface area (Å²) < 4.78 is 2.68. The number of nitrogens with one attached hydrogen (secondary N) is 1. The van der Waals surface area contributed by atoms with Crippen molar-refractivity contribution in [1.82, 2.24) is 3.53 Å². The highest BCUT2D eigenvalue weighted by molar-refractivity contribution is 14.1. The first kappa shape index (κ1) is 4.65. The van der Waals surface area contributed by atoms with Crippen molar-refractivity contribution < 1.29 is 0 Å². The lowest BCUT2D eigenvalue weighted by Crippen LogP contribution is -2.09. The summed E-state index contributed by atoms with van der Waals surface area (Å²) in [5.41, 5.74) is 4.91. The molecule has 3 N–H and O–H groups in total. The van der Waals surface area contributed by atoms with Gasteiger partial charge in [-0.3, -0.25) is 0 Å². The summed E-state index contributed by atoms with van der Waals surface area (Å²) in [6.07, 6.45) is 0. The molecule has 0 radical (unpaired) electrons. The highest BCUT2D eigenvalue weighted by Crippen LogP contribution is 1.55. The second kappa shape index (κ2) is 3.65. The average Bonchev–Trinajstić information content (AvgIpc) is 1.37. The van der Waals surface area contributed by atoms with E-state index in [1.807, 2.05) is 22.9 Å². The zero-order chi connectivity index (χ0) is 3.41. The summed E-state index contributed by atoms with van der Waals surface area (Å²) in [5.74, 6) is 0. The fraction of sp³-hybridized carbons (Fsp3) is 1.00. The maximum Gasteiger partial charge on any atom is 0.0519 e. The Hall–Kier alpha value is 0.650. The minimum Gasteiger partial charge on any atom is -0.318 e. The van der Waals surface area contributed by atoms with Crippen molar-refractivity contribution in [2.24, 2.45) is 5.73 Å². The van der Waals surface area contributed by atoms with Crippen LogP contribution in [0.5, 0.6) is 0 Å². The molecular formula is CH5IN2. The minimum atomic E-state index is 0.556. The van der Waals surface area contributed by atoms with E-state index >= 15 is 0 Å². The van der Waals surface area contributed by atoms with Crippen LogP contribution in [0, 0.1) is 0 Å². The van der Waals surface area contributed by atoms with Crippen molar-refractivity contribution in [3.63, 3.8) is 0 Å². The van der Waals surface area contributed by atoms with Gasteiger partial charge in [0, 0.05) is 22.9 Å². The van der Waals surface area contributed by atoms with Crippen LogP contribution in [-0.2, 0) is 0 Å². The van der Waals surface area contributed by atoms with Gasteiger partial charge in [0.25, 0.3) is 0 Å². The summed E-state index contributed by atoms with van der Waals surface area (Å²) in [7, 11) is 0. The molecule has 0 atom stereocenters. The highest BCUT2D eigenvalue weighted by atomic mass is 127. The maximum absolute atomic E-state index is 4.91. The van der Waals surface area contributed by atoms with Crippen LogP contribution < -0.4 is 9.26 Å². The first-order chi connectivity index (χ1) is 1.91. The third-order valence-electron chi connectivity index (χ3n) is 0.0772. The SMILES string of the molecule is NCNI. The molecule has 0 saturated heterocycles. The predicted molar refractivity (Wildman–Crippen MR) is 26.2 cm³/mol. The van der Waals surface area contributed by atoms with Crippen molar-refractivity contribution in [2.75, 3.05) is 6.67 Å². The normalized spacial score (nSPS) is 7.50. The molecule has 0 aliphatic carbocycles. The van der Waals surface area contributed by atoms with E-state index < -0.39 is 0 Å². The summed E-state index contributed by atoms with van der Waals surface area (Å²) in [4.78, 5) is 0. The van der Waals surface area contributed by atoms with E-state index in [1.165, 1.54) is 0 Å². The van der Waals surface area contributed by atoms with Crippen molar-refractivity contribution in [1.29, 1.82) is 0 Å². The van der Waals surface area contributed by atoms with Gasteiger partial charge in [-0.1, -0.05) is 0 Å². The molecule has 0 aromatic heterocycles. The highest BCUT2D eigenvalue weighted by Gasteiger charge is 1.51. The molecule has 0 fully saturated rings. The second-order valence-electron chi connectivity index (χ2n) is 0.338. The van der Waals surface area contributed by atoms with Crippen molar-refractivity contribution in [3.05, 3.63) is 0 Å². The molecule has 2 nitrogen and oxygen atoms in total. The van der Waals surface area contributed by atoms with Crippen LogP contribution in [0.3, 0.4) is 0 Å². The van der Waals surface area contributed by atoms with Crippen LogP contribution in [0.1, 0.15) is 0 Å². The van der Waals surface area contributed by atoms with Gasteiger partial charge in [-0.25, -0.2) is 3.53 Å². The van der Waals surface area contributed by atoms with Gasteiger partial charge in [0.05, 0.1) is 6.67 Å². The van der Waals surface area contributed by atoms with Crippen LogP contribution in [0.4, 0.5) is 0 Å². The fourth-order valence-electron chi connectivity index (χ4n) is 0. The molecular weight excluding hydrogens is 167 g/mol. The Balaban J connectivity index is 1.97. The Bertz CT molecular complexity index is 8.00. The van der Waals surface area contributed by atoms with Gasteiger partial charge in [0.1, 0.15) is 0 Å². The van der Waals surface area contributed by atoms with Gasteiger partial charge in [-0.2, -0.15) is 0 Å². The topological polar surface area (TPSA) is 38.0 Å². The molecule has 3 heteroatoms. The number of hydrogen-bond donors (Lipinski definition) is 2. The molecule has 0 heterocycles. The predicted octanol–water partition coefficient (Wildman–Crippen LogP) is -0.158. The molecule has 0 aliphatic rings. The average molecular weight is 172 g/mol. The van der Waals surface area contributed by atoms with E-state index in [0.29, 0.717) is 6.67 Å². The lowest BCUT2D eigenvalue weighted by molar-refractivity contribution is 1.02. The smallest absolute Gasteiger partial charge is 0.0519 e. The molecule has 0 spiro atoms. The van der Waals surface area contributed by atoms with E-state index in [2.05, 4.69) is 3.53 Å². The summed E-state index contributed by atoms with van der Waals surface area (Å²) in [5, 5.41) is 0. The van der Waals surface area contributed by atoms with Gasteiger partial charge >= 0.3 is 0 Å². The number of rotatable bonds is 1. The molecule has 0 aromatic carbocycles. The standard InChI is InChI=1S/CH5IN2/c2-4-1-3/h4H,1,3H2. The Kier molecular flexibility index (Phi) is 4.24. The van der Waals surface area contributed by atoms with Crippen LogP contribution in [0.25, 0.3) is 0 Å². The molecule has 0 unspecified atom stereocenters. The summed E-state index contributed by atoms with van der Waals surface area (Å²) in [6.45, 7) is 0.556. The molecule has 26 valence electrons. The van der Waals surface area contributed by atoms with E-state index in [9.17, 15) is 0 Å². The molecule has 0 saturated carbocycles. The zero-order valence-electron chi connectivity index (χ0n) is 2.16. The van der Waals surface area contributed by atoms with E-state index in [1.54, 1.807) is 0 Å². The molecule has 4 heavy (non-hydrogen) atoms. The van der Waals surface area contributed by atoms with Crippen molar-refractivity contribution >= 4 is 22.9 Å². The molecule has 0 bridgehead atoms. The van der Waals surface area contributed by atoms with Crippen LogP contribution in [-0.4, -0.2) is 6.67 Å². The lowest BCUT2D eigenvalue weighted by atomic mass is 11.3. The molecule has 0 amide bonds. The molecule has 0 rings (SSSR count). The van der Waals surface area contributed by atoms with Gasteiger partial charge < -0.3 is 5.73 Å². The van der Waals surface area contributed by atoms with Gasteiger partial charge in [0.2, 0.25) is 0 Å². The Morgan fingerprint density at radius 1 is 2.00 bits per heavy atom. The Labute approximate surface area is 39.2 Å². The van der Waals surface area contributed by atoms with Crippen LogP contribution >= 0.6 is 22.9 Å².